The fourth-order valence-electron chi connectivity index (χ4n) is 3.07. The molecule has 0 aliphatic carbocycles. The first-order valence-corrected chi connectivity index (χ1v) is 11.5. The molecule has 0 bridgehead atoms. The molecule has 2 heterocycles. The lowest BCUT2D eigenvalue weighted by Gasteiger charge is -2.28. The van der Waals surface area contributed by atoms with E-state index in [1.54, 1.807) is 22.6 Å². The van der Waals surface area contributed by atoms with E-state index in [0.29, 0.717) is 11.4 Å². The molecule has 0 N–H and O–H groups in total. The van der Waals surface area contributed by atoms with Crippen LogP contribution >= 0.6 is 11.8 Å². The smallest absolute Gasteiger partial charge is 0.243 e. The van der Waals surface area contributed by atoms with Crippen LogP contribution in [0.5, 0.6) is 0 Å². The van der Waals surface area contributed by atoms with Crippen molar-refractivity contribution in [1.29, 1.82) is 0 Å². The molecule has 0 spiro atoms. The normalized spacial score (nSPS) is 18.4. The Kier molecular flexibility index (Phi) is 5.75. The molecule has 1 aromatic heterocycles. The summed E-state index contributed by atoms with van der Waals surface area (Å²) in [5.74, 6) is 1.84. The number of thioether (sulfide) groups is 1. The maximum Gasteiger partial charge on any atom is 0.243 e. The van der Waals surface area contributed by atoms with Gasteiger partial charge in [0.25, 0.3) is 0 Å². The van der Waals surface area contributed by atoms with Crippen LogP contribution in [0.2, 0.25) is 0 Å². The maximum atomic E-state index is 13.4. The van der Waals surface area contributed by atoms with Gasteiger partial charge in [-0.2, -0.15) is 16.1 Å². The van der Waals surface area contributed by atoms with Crippen molar-refractivity contribution in [2.45, 2.75) is 50.1 Å². The maximum absolute atomic E-state index is 13.4. The van der Waals surface area contributed by atoms with Gasteiger partial charge in [-0.1, -0.05) is 39.0 Å². The molecule has 0 unspecified atom stereocenters. The first kappa shape index (κ1) is 19.4. The third-order valence-electron chi connectivity index (χ3n) is 4.68. The molecule has 2 aromatic rings. The average Bonchev–Trinajstić information content (AvgIpc) is 3.14. The Bertz CT molecular complexity index is 822. The number of hydrogen-bond acceptors (Lipinski definition) is 4. The summed E-state index contributed by atoms with van der Waals surface area (Å²) in [7, 11) is -3.56. The largest absolute Gasteiger partial charge is 0.260 e. The second-order valence-electron chi connectivity index (χ2n) is 7.66. The van der Waals surface area contributed by atoms with Crippen LogP contribution in [-0.2, 0) is 22.0 Å². The van der Waals surface area contributed by atoms with E-state index in [9.17, 15) is 8.42 Å². The fraction of sp³-hybridized carbons (Fsp3) is 0.450. The zero-order chi connectivity index (χ0) is 18.8. The lowest BCUT2D eigenvalue weighted by Crippen LogP contribution is -2.40. The summed E-state index contributed by atoms with van der Waals surface area (Å²) in [5, 5.41) is 0. The van der Waals surface area contributed by atoms with E-state index in [4.69, 9.17) is 0 Å². The molecule has 4 nitrogen and oxygen atoms in total. The van der Waals surface area contributed by atoms with Gasteiger partial charge in [0.05, 0.1) is 17.1 Å². The number of pyridine rings is 1. The first-order valence-electron chi connectivity index (χ1n) is 8.88. The first-order chi connectivity index (χ1) is 12.3. The molecule has 1 atom stereocenters. The molecule has 1 saturated heterocycles. The Hall–Kier alpha value is -1.37. The Morgan fingerprint density at radius 3 is 2.42 bits per heavy atom. The molecule has 0 amide bonds. The van der Waals surface area contributed by atoms with Crippen molar-refractivity contribution in [3.8, 4) is 0 Å². The SMILES string of the molecule is CC(C)(C)c1ccc(S(=O)(=O)N(Cc2ccccn2)[C@@H]2CCSC2)cc1. The number of aromatic nitrogens is 1. The summed E-state index contributed by atoms with van der Waals surface area (Å²) < 4.78 is 28.4. The summed E-state index contributed by atoms with van der Waals surface area (Å²) in [6.07, 6.45) is 2.60. The van der Waals surface area contributed by atoms with Gasteiger partial charge in [-0.25, -0.2) is 8.42 Å². The van der Waals surface area contributed by atoms with Crippen molar-refractivity contribution in [3.05, 3.63) is 59.9 Å². The zero-order valence-corrected chi connectivity index (χ0v) is 17.2. The lowest BCUT2D eigenvalue weighted by molar-refractivity contribution is 0.331. The van der Waals surface area contributed by atoms with E-state index < -0.39 is 10.0 Å². The number of benzene rings is 1. The minimum atomic E-state index is -3.56. The van der Waals surface area contributed by atoms with Crippen LogP contribution in [-0.4, -0.2) is 35.3 Å². The van der Waals surface area contributed by atoms with Gasteiger partial charge in [-0.05, 0) is 47.4 Å². The van der Waals surface area contributed by atoms with Gasteiger partial charge < -0.3 is 0 Å². The Morgan fingerprint density at radius 2 is 1.88 bits per heavy atom. The Balaban J connectivity index is 1.93. The highest BCUT2D eigenvalue weighted by Gasteiger charge is 2.34. The molecular formula is C20H26N2O2S2. The highest BCUT2D eigenvalue weighted by Crippen LogP contribution is 2.30. The van der Waals surface area contributed by atoms with Crippen LogP contribution < -0.4 is 0 Å². The minimum absolute atomic E-state index is 0.00195. The topological polar surface area (TPSA) is 50.3 Å². The van der Waals surface area contributed by atoms with Crippen molar-refractivity contribution < 1.29 is 8.42 Å². The third-order valence-corrected chi connectivity index (χ3v) is 7.74. The zero-order valence-electron chi connectivity index (χ0n) is 15.6. The van der Waals surface area contributed by atoms with E-state index >= 15 is 0 Å². The van der Waals surface area contributed by atoms with Gasteiger partial charge in [-0.3, -0.25) is 4.98 Å². The second-order valence-corrected chi connectivity index (χ2v) is 10.7. The van der Waals surface area contributed by atoms with Crippen molar-refractivity contribution in [3.63, 3.8) is 0 Å². The van der Waals surface area contributed by atoms with Crippen LogP contribution in [0.25, 0.3) is 0 Å². The number of nitrogens with zero attached hydrogens (tertiary/aromatic N) is 2. The lowest BCUT2D eigenvalue weighted by atomic mass is 9.87. The Morgan fingerprint density at radius 1 is 1.15 bits per heavy atom. The van der Waals surface area contributed by atoms with Crippen LogP contribution in [0.4, 0.5) is 0 Å². The van der Waals surface area contributed by atoms with Gasteiger partial charge in [-0.15, -0.1) is 0 Å². The summed E-state index contributed by atoms with van der Waals surface area (Å²) in [6.45, 7) is 6.69. The molecule has 0 saturated carbocycles. The minimum Gasteiger partial charge on any atom is -0.260 e. The molecule has 6 heteroatoms. The predicted octanol–water partition coefficient (Wildman–Crippen LogP) is 4.08. The highest BCUT2D eigenvalue weighted by atomic mass is 32.2. The quantitative estimate of drug-likeness (QED) is 0.772. The molecule has 1 fully saturated rings. The van der Waals surface area contributed by atoms with Crippen molar-refractivity contribution in [2.75, 3.05) is 11.5 Å². The monoisotopic (exact) mass is 390 g/mol. The summed E-state index contributed by atoms with van der Waals surface area (Å²) in [4.78, 5) is 4.69. The van der Waals surface area contributed by atoms with Gasteiger partial charge in [0.2, 0.25) is 10.0 Å². The van der Waals surface area contributed by atoms with Crippen molar-refractivity contribution in [1.82, 2.24) is 9.29 Å². The summed E-state index contributed by atoms with van der Waals surface area (Å²) in [6, 6.07) is 13.0. The molecule has 140 valence electrons. The van der Waals surface area contributed by atoms with Crippen LogP contribution in [0, 0.1) is 0 Å². The molecule has 0 radical (unpaired) electrons. The van der Waals surface area contributed by atoms with Crippen molar-refractivity contribution >= 4 is 21.8 Å². The predicted molar refractivity (Wildman–Crippen MR) is 108 cm³/mol. The van der Waals surface area contributed by atoms with Gasteiger partial charge >= 0.3 is 0 Å². The van der Waals surface area contributed by atoms with Crippen molar-refractivity contribution in [2.24, 2.45) is 0 Å². The van der Waals surface area contributed by atoms with E-state index in [2.05, 4.69) is 25.8 Å². The second kappa shape index (κ2) is 7.71. The molecule has 1 aromatic carbocycles. The number of sulfonamides is 1. The average molecular weight is 391 g/mol. The molecular weight excluding hydrogens is 364 g/mol. The summed E-state index contributed by atoms with van der Waals surface area (Å²) >= 11 is 1.81. The fourth-order valence-corrected chi connectivity index (χ4v) is 6.02. The van der Waals surface area contributed by atoms with E-state index in [-0.39, 0.29) is 11.5 Å². The van der Waals surface area contributed by atoms with Gasteiger partial charge in [0.1, 0.15) is 0 Å². The standard InChI is InChI=1S/C20H26N2O2S2/c1-20(2,3)16-7-9-19(10-8-16)26(23,24)22(18-11-13-25-15-18)14-17-6-4-5-12-21-17/h4-10,12,18H,11,13-15H2,1-3H3/t18-/m1/s1. The van der Waals surface area contributed by atoms with E-state index in [1.807, 2.05) is 42.1 Å². The van der Waals surface area contributed by atoms with Crippen LogP contribution in [0.1, 0.15) is 38.4 Å². The summed E-state index contributed by atoms with van der Waals surface area (Å²) in [5.41, 5.74) is 1.90. The Labute approximate surface area is 161 Å². The van der Waals surface area contributed by atoms with E-state index in [1.165, 1.54) is 0 Å². The highest BCUT2D eigenvalue weighted by molar-refractivity contribution is 7.99. The molecule has 3 rings (SSSR count). The molecule has 26 heavy (non-hydrogen) atoms. The van der Waals surface area contributed by atoms with Gasteiger partial charge in [0.15, 0.2) is 0 Å². The third kappa shape index (κ3) is 4.30. The number of rotatable bonds is 5. The molecule has 1 aliphatic rings. The molecule has 1 aliphatic heterocycles. The van der Waals surface area contributed by atoms with Crippen LogP contribution in [0.3, 0.4) is 0 Å². The van der Waals surface area contributed by atoms with E-state index in [0.717, 1.165) is 29.2 Å². The van der Waals surface area contributed by atoms with Crippen LogP contribution in [0.15, 0.2) is 53.6 Å². The number of hydrogen-bond donors (Lipinski definition) is 0. The van der Waals surface area contributed by atoms with Gasteiger partial charge in [0, 0.05) is 18.0 Å².